The lowest BCUT2D eigenvalue weighted by Crippen LogP contribution is -2.47. The maximum absolute atomic E-state index is 6.47. The van der Waals surface area contributed by atoms with E-state index in [1.54, 1.807) is 0 Å². The maximum Gasteiger partial charge on any atom is 0.0340 e. The minimum atomic E-state index is 0.445. The molecule has 1 N–H and O–H groups in total. The summed E-state index contributed by atoms with van der Waals surface area (Å²) in [5, 5.41) is 4.40. The second-order valence-corrected chi connectivity index (χ2v) is 8.79. The van der Waals surface area contributed by atoms with Gasteiger partial charge in [0.15, 0.2) is 0 Å². The van der Waals surface area contributed by atoms with Crippen LogP contribution in [0.25, 0.3) is 0 Å². The van der Waals surface area contributed by atoms with E-state index in [1.165, 1.54) is 77.4 Å². The van der Waals surface area contributed by atoms with E-state index in [-0.39, 0.29) is 0 Å². The first-order valence-electron chi connectivity index (χ1n) is 9.42. The summed E-state index contributed by atoms with van der Waals surface area (Å²) in [4.78, 5) is 2.80. The number of nitrogens with one attached hydrogen (secondary N) is 1. The Labute approximate surface area is 135 Å². The van der Waals surface area contributed by atoms with Crippen molar-refractivity contribution >= 4 is 11.6 Å². The minimum absolute atomic E-state index is 0.445. The van der Waals surface area contributed by atoms with Crippen molar-refractivity contribution < 1.29 is 0 Å². The van der Waals surface area contributed by atoms with Crippen molar-refractivity contribution in [1.29, 1.82) is 0 Å². The summed E-state index contributed by atoms with van der Waals surface area (Å²) in [5.74, 6) is 2.74. The van der Waals surface area contributed by atoms with Crippen LogP contribution in [0.1, 0.15) is 57.8 Å². The Kier molecular flexibility index (Phi) is 4.49. The Morgan fingerprint density at radius 2 is 1.71 bits per heavy atom. The monoisotopic (exact) mass is 310 g/mol. The van der Waals surface area contributed by atoms with E-state index >= 15 is 0 Å². The van der Waals surface area contributed by atoms with Gasteiger partial charge in [0.25, 0.3) is 0 Å². The predicted molar refractivity (Wildman–Crippen MR) is 88.8 cm³/mol. The van der Waals surface area contributed by atoms with Crippen molar-refractivity contribution in [3.63, 3.8) is 0 Å². The van der Waals surface area contributed by atoms with Gasteiger partial charge in [-0.25, -0.2) is 0 Å². The van der Waals surface area contributed by atoms with Crippen LogP contribution in [0, 0.1) is 17.8 Å². The van der Waals surface area contributed by atoms with Crippen LogP contribution < -0.4 is 5.32 Å². The first kappa shape index (κ1) is 14.8. The van der Waals surface area contributed by atoms with Crippen molar-refractivity contribution in [2.45, 2.75) is 75.2 Å². The number of fused-ring (bicyclic) bond motifs is 3. The predicted octanol–water partition coefficient (Wildman–Crippen LogP) is 3.64. The number of piperidine rings is 1. The fourth-order valence-corrected chi connectivity index (χ4v) is 6.03. The number of halogens is 1. The van der Waals surface area contributed by atoms with E-state index in [1.807, 2.05) is 0 Å². The van der Waals surface area contributed by atoms with Gasteiger partial charge in [0.2, 0.25) is 0 Å². The van der Waals surface area contributed by atoms with Crippen LogP contribution in [0.5, 0.6) is 0 Å². The molecule has 4 fully saturated rings. The molecule has 0 spiro atoms. The van der Waals surface area contributed by atoms with E-state index in [0.717, 1.165) is 29.8 Å². The quantitative estimate of drug-likeness (QED) is 0.783. The normalized spacial score (nSPS) is 45.3. The van der Waals surface area contributed by atoms with Crippen molar-refractivity contribution in [2.75, 3.05) is 19.6 Å². The molecular formula is C18H31ClN2. The third kappa shape index (κ3) is 3.14. The highest BCUT2D eigenvalue weighted by Crippen LogP contribution is 2.42. The molecular weight excluding hydrogens is 280 g/mol. The maximum atomic E-state index is 6.47. The molecule has 3 heteroatoms. The molecule has 4 rings (SSSR count). The lowest BCUT2D eigenvalue weighted by atomic mass is 9.76. The molecule has 2 nitrogen and oxygen atoms in total. The molecule has 2 saturated carbocycles. The summed E-state index contributed by atoms with van der Waals surface area (Å²) < 4.78 is 0. The average Bonchev–Trinajstić information content (AvgIpc) is 2.86. The third-order valence-corrected chi connectivity index (χ3v) is 7.19. The summed E-state index contributed by atoms with van der Waals surface area (Å²) >= 11 is 6.47. The summed E-state index contributed by atoms with van der Waals surface area (Å²) in [6, 6.07) is 1.58. The number of hydrogen-bond acceptors (Lipinski definition) is 2. The number of alkyl halides is 1. The lowest BCUT2D eigenvalue weighted by molar-refractivity contribution is 0.108. The average molecular weight is 311 g/mol. The molecule has 0 aromatic heterocycles. The molecule has 0 amide bonds. The summed E-state index contributed by atoms with van der Waals surface area (Å²) in [6.07, 6.45) is 12.6. The van der Waals surface area contributed by atoms with Gasteiger partial charge in [-0.15, -0.1) is 11.6 Å². The molecule has 5 atom stereocenters. The van der Waals surface area contributed by atoms with Crippen LogP contribution in [0.3, 0.4) is 0 Å². The number of likely N-dealkylation sites (tertiary alicyclic amines) is 1. The van der Waals surface area contributed by atoms with Crippen molar-refractivity contribution in [2.24, 2.45) is 17.8 Å². The molecule has 21 heavy (non-hydrogen) atoms. The first-order chi connectivity index (χ1) is 10.3. The number of nitrogens with zero attached hydrogens (tertiary/aromatic N) is 1. The van der Waals surface area contributed by atoms with E-state index in [4.69, 9.17) is 11.6 Å². The van der Waals surface area contributed by atoms with Gasteiger partial charge < -0.3 is 10.2 Å². The zero-order valence-electron chi connectivity index (χ0n) is 13.3. The standard InChI is InChI=1S/C18H31ClN2/c19-14-6-7-17-15(10-14)16-12-21(9-8-18(16)20-17)11-13-4-2-1-3-5-13/h13-18,20H,1-12H2. The van der Waals surface area contributed by atoms with Crippen LogP contribution in [0.15, 0.2) is 0 Å². The summed E-state index contributed by atoms with van der Waals surface area (Å²) in [7, 11) is 0. The second kappa shape index (κ2) is 6.37. The Hall–Kier alpha value is 0.210. The molecule has 2 aliphatic carbocycles. The third-order valence-electron chi connectivity index (χ3n) is 6.80. The molecule has 2 saturated heterocycles. The summed E-state index contributed by atoms with van der Waals surface area (Å²) in [5.41, 5.74) is 0. The van der Waals surface area contributed by atoms with Crippen molar-refractivity contribution in [3.05, 3.63) is 0 Å². The Balaban J connectivity index is 1.36. The van der Waals surface area contributed by atoms with Crippen LogP contribution in [0.4, 0.5) is 0 Å². The Morgan fingerprint density at radius 1 is 0.905 bits per heavy atom. The first-order valence-corrected chi connectivity index (χ1v) is 9.85. The second-order valence-electron chi connectivity index (χ2n) is 8.17. The Morgan fingerprint density at radius 3 is 2.57 bits per heavy atom. The van der Waals surface area contributed by atoms with Gasteiger partial charge in [-0.2, -0.15) is 0 Å². The van der Waals surface area contributed by atoms with Gasteiger partial charge in [0.05, 0.1) is 0 Å². The highest BCUT2D eigenvalue weighted by atomic mass is 35.5. The van der Waals surface area contributed by atoms with Crippen LogP contribution in [0.2, 0.25) is 0 Å². The van der Waals surface area contributed by atoms with Gasteiger partial charge in [0.1, 0.15) is 0 Å². The zero-order valence-corrected chi connectivity index (χ0v) is 14.0. The van der Waals surface area contributed by atoms with Crippen LogP contribution in [-0.4, -0.2) is 42.0 Å². The zero-order chi connectivity index (χ0) is 14.2. The topological polar surface area (TPSA) is 15.3 Å². The molecule has 5 unspecified atom stereocenters. The Bertz CT molecular complexity index is 355. The number of rotatable bonds is 2. The van der Waals surface area contributed by atoms with Gasteiger partial charge in [-0.05, 0) is 62.8 Å². The molecule has 120 valence electrons. The SMILES string of the molecule is ClC1CCC2NC3CCN(CC4CCCCC4)CC3C2C1. The van der Waals surface area contributed by atoms with E-state index in [2.05, 4.69) is 10.2 Å². The van der Waals surface area contributed by atoms with Crippen LogP contribution >= 0.6 is 11.6 Å². The van der Waals surface area contributed by atoms with Crippen molar-refractivity contribution in [3.8, 4) is 0 Å². The molecule has 0 aromatic carbocycles. The minimum Gasteiger partial charge on any atom is -0.311 e. The van der Waals surface area contributed by atoms with Gasteiger partial charge in [-0.1, -0.05) is 19.3 Å². The smallest absolute Gasteiger partial charge is 0.0340 e. The molecule has 2 heterocycles. The van der Waals surface area contributed by atoms with E-state index in [9.17, 15) is 0 Å². The van der Waals surface area contributed by atoms with Gasteiger partial charge >= 0.3 is 0 Å². The molecule has 0 radical (unpaired) electrons. The van der Waals surface area contributed by atoms with Crippen molar-refractivity contribution in [1.82, 2.24) is 10.2 Å². The van der Waals surface area contributed by atoms with Gasteiger partial charge in [-0.3, -0.25) is 0 Å². The highest BCUT2D eigenvalue weighted by molar-refractivity contribution is 6.20. The summed E-state index contributed by atoms with van der Waals surface area (Å²) in [6.45, 7) is 4.05. The largest absolute Gasteiger partial charge is 0.311 e. The van der Waals surface area contributed by atoms with Crippen LogP contribution in [-0.2, 0) is 0 Å². The number of hydrogen-bond donors (Lipinski definition) is 1. The molecule has 2 aliphatic heterocycles. The van der Waals surface area contributed by atoms with E-state index in [0.29, 0.717) is 5.38 Å². The molecule has 0 bridgehead atoms. The fourth-order valence-electron chi connectivity index (χ4n) is 5.70. The van der Waals surface area contributed by atoms with Gasteiger partial charge in [0, 0.05) is 30.6 Å². The fraction of sp³-hybridized carbons (Fsp3) is 1.00. The molecule has 4 aliphatic rings. The molecule has 0 aromatic rings. The van der Waals surface area contributed by atoms with E-state index < -0.39 is 0 Å². The lowest BCUT2D eigenvalue weighted by Gasteiger charge is -2.40. The highest BCUT2D eigenvalue weighted by Gasteiger charge is 2.47.